The molecule has 1 fully saturated rings. The molecule has 1 unspecified atom stereocenters. The fourth-order valence-electron chi connectivity index (χ4n) is 2.82. The zero-order chi connectivity index (χ0) is 17.5. The lowest BCUT2D eigenvalue weighted by Crippen LogP contribution is -2.41. The molecule has 2 N–H and O–H groups in total. The number of nitro benzene ring substituents is 1. The SMILES string of the molecule is COc1cc(CCNC(=O)C2CCCNC2)c([N+](=O)[O-])cc1OC. The van der Waals surface area contributed by atoms with Gasteiger partial charge in [0.05, 0.1) is 31.1 Å². The summed E-state index contributed by atoms with van der Waals surface area (Å²) in [6.07, 6.45) is 2.21. The lowest BCUT2D eigenvalue weighted by atomic mass is 9.99. The van der Waals surface area contributed by atoms with Crippen LogP contribution >= 0.6 is 0 Å². The van der Waals surface area contributed by atoms with Crippen LogP contribution in [0.2, 0.25) is 0 Å². The molecule has 1 aliphatic heterocycles. The molecule has 8 nitrogen and oxygen atoms in total. The topological polar surface area (TPSA) is 103 Å². The van der Waals surface area contributed by atoms with Gasteiger partial charge in [0.25, 0.3) is 5.69 Å². The second-order valence-corrected chi connectivity index (χ2v) is 5.68. The van der Waals surface area contributed by atoms with Crippen molar-refractivity contribution in [2.45, 2.75) is 19.3 Å². The third-order valence-electron chi connectivity index (χ3n) is 4.14. The molecule has 1 heterocycles. The molecule has 0 aromatic heterocycles. The summed E-state index contributed by atoms with van der Waals surface area (Å²) in [5, 5.41) is 17.3. The summed E-state index contributed by atoms with van der Waals surface area (Å²) in [5.74, 6) is 0.704. The van der Waals surface area contributed by atoms with E-state index in [1.165, 1.54) is 20.3 Å². The maximum absolute atomic E-state index is 12.1. The van der Waals surface area contributed by atoms with Crippen LogP contribution in [0.4, 0.5) is 5.69 Å². The van der Waals surface area contributed by atoms with Crippen LogP contribution in [0.5, 0.6) is 11.5 Å². The average Bonchev–Trinajstić information content (AvgIpc) is 2.61. The number of nitro groups is 1. The van der Waals surface area contributed by atoms with E-state index in [2.05, 4.69) is 10.6 Å². The molecule has 2 rings (SSSR count). The predicted octanol–water partition coefficient (Wildman–Crippen LogP) is 1.27. The number of nitrogens with one attached hydrogen (secondary N) is 2. The van der Waals surface area contributed by atoms with Crippen molar-refractivity contribution in [2.75, 3.05) is 33.9 Å². The third-order valence-corrected chi connectivity index (χ3v) is 4.14. The first-order valence-corrected chi connectivity index (χ1v) is 7.94. The Morgan fingerprint density at radius 1 is 1.38 bits per heavy atom. The first-order valence-electron chi connectivity index (χ1n) is 7.94. The number of ether oxygens (including phenoxy) is 2. The van der Waals surface area contributed by atoms with Crippen LogP contribution < -0.4 is 20.1 Å². The third kappa shape index (κ3) is 4.35. The molecule has 0 spiro atoms. The average molecular weight is 337 g/mol. The molecule has 1 atom stereocenters. The van der Waals surface area contributed by atoms with Gasteiger partial charge in [0.15, 0.2) is 11.5 Å². The van der Waals surface area contributed by atoms with Gasteiger partial charge in [0.2, 0.25) is 5.91 Å². The predicted molar refractivity (Wildman–Crippen MR) is 88.5 cm³/mol. The first kappa shape index (κ1) is 18.0. The van der Waals surface area contributed by atoms with E-state index in [0.717, 1.165) is 19.4 Å². The minimum absolute atomic E-state index is 0.00895. The number of carbonyl (C=O) groups is 1. The molecular weight excluding hydrogens is 314 g/mol. The van der Waals surface area contributed by atoms with Gasteiger partial charge in [0, 0.05) is 18.7 Å². The number of benzene rings is 1. The quantitative estimate of drug-likeness (QED) is 0.574. The molecule has 1 aromatic carbocycles. The molecule has 132 valence electrons. The van der Waals surface area contributed by atoms with Gasteiger partial charge in [0.1, 0.15) is 0 Å². The van der Waals surface area contributed by atoms with E-state index in [0.29, 0.717) is 36.6 Å². The van der Waals surface area contributed by atoms with Crippen molar-refractivity contribution >= 4 is 11.6 Å². The minimum atomic E-state index is -0.454. The molecule has 1 amide bonds. The number of nitrogens with zero attached hydrogens (tertiary/aromatic N) is 1. The summed E-state index contributed by atoms with van der Waals surface area (Å²) in [4.78, 5) is 22.9. The fraction of sp³-hybridized carbons (Fsp3) is 0.562. The highest BCUT2D eigenvalue weighted by molar-refractivity contribution is 5.79. The zero-order valence-corrected chi connectivity index (χ0v) is 14.0. The summed E-state index contributed by atoms with van der Waals surface area (Å²) in [6.45, 7) is 1.97. The maximum Gasteiger partial charge on any atom is 0.276 e. The number of rotatable bonds is 7. The summed E-state index contributed by atoms with van der Waals surface area (Å²) < 4.78 is 10.3. The van der Waals surface area contributed by atoms with Gasteiger partial charge in [-0.1, -0.05) is 0 Å². The Bertz CT molecular complexity index is 600. The highest BCUT2D eigenvalue weighted by Crippen LogP contribution is 2.34. The lowest BCUT2D eigenvalue weighted by Gasteiger charge is -2.21. The largest absolute Gasteiger partial charge is 0.493 e. The fourth-order valence-corrected chi connectivity index (χ4v) is 2.82. The van der Waals surface area contributed by atoms with E-state index in [4.69, 9.17) is 9.47 Å². The number of carbonyl (C=O) groups excluding carboxylic acids is 1. The van der Waals surface area contributed by atoms with Crippen LogP contribution in [-0.2, 0) is 11.2 Å². The highest BCUT2D eigenvalue weighted by Gasteiger charge is 2.22. The monoisotopic (exact) mass is 337 g/mol. The van der Waals surface area contributed by atoms with E-state index in [1.54, 1.807) is 6.07 Å². The van der Waals surface area contributed by atoms with Crippen LogP contribution in [0.3, 0.4) is 0 Å². The van der Waals surface area contributed by atoms with Gasteiger partial charge in [-0.05, 0) is 31.9 Å². The Kier molecular flexibility index (Phi) is 6.36. The summed E-state index contributed by atoms with van der Waals surface area (Å²) >= 11 is 0. The molecule has 1 aromatic rings. The Morgan fingerprint density at radius 3 is 2.67 bits per heavy atom. The summed E-state index contributed by atoms with van der Waals surface area (Å²) in [6, 6.07) is 2.94. The Morgan fingerprint density at radius 2 is 2.08 bits per heavy atom. The van der Waals surface area contributed by atoms with Gasteiger partial charge in [-0.3, -0.25) is 14.9 Å². The normalized spacial score (nSPS) is 17.2. The van der Waals surface area contributed by atoms with Gasteiger partial charge in [-0.25, -0.2) is 0 Å². The second-order valence-electron chi connectivity index (χ2n) is 5.68. The molecule has 0 bridgehead atoms. The van der Waals surface area contributed by atoms with Crippen LogP contribution in [0.15, 0.2) is 12.1 Å². The lowest BCUT2D eigenvalue weighted by molar-refractivity contribution is -0.385. The first-order chi connectivity index (χ1) is 11.6. The molecule has 1 aliphatic rings. The van der Waals surface area contributed by atoms with Crippen molar-refractivity contribution in [2.24, 2.45) is 5.92 Å². The zero-order valence-electron chi connectivity index (χ0n) is 14.0. The summed E-state index contributed by atoms with van der Waals surface area (Å²) in [7, 11) is 2.91. The number of amides is 1. The van der Waals surface area contributed by atoms with E-state index >= 15 is 0 Å². The standard InChI is InChI=1S/C16H23N3O5/c1-23-14-8-11(13(19(21)22)9-15(14)24-2)5-7-18-16(20)12-4-3-6-17-10-12/h8-9,12,17H,3-7,10H2,1-2H3,(H,18,20). The van der Waals surface area contributed by atoms with Crippen molar-refractivity contribution in [3.8, 4) is 11.5 Å². The van der Waals surface area contributed by atoms with Gasteiger partial charge < -0.3 is 20.1 Å². The maximum atomic E-state index is 12.1. The molecule has 8 heteroatoms. The van der Waals surface area contributed by atoms with Crippen molar-refractivity contribution in [1.82, 2.24) is 10.6 Å². The Labute approximate surface area is 140 Å². The van der Waals surface area contributed by atoms with Gasteiger partial charge in [-0.2, -0.15) is 0 Å². The van der Waals surface area contributed by atoms with Crippen LogP contribution in [0.25, 0.3) is 0 Å². The van der Waals surface area contributed by atoms with E-state index < -0.39 is 4.92 Å². The number of piperidine rings is 1. The highest BCUT2D eigenvalue weighted by atomic mass is 16.6. The van der Waals surface area contributed by atoms with Crippen LogP contribution in [-0.4, -0.2) is 44.7 Å². The second kappa shape index (κ2) is 8.49. The molecule has 1 saturated heterocycles. The van der Waals surface area contributed by atoms with Gasteiger partial charge in [-0.15, -0.1) is 0 Å². The van der Waals surface area contributed by atoms with Crippen LogP contribution in [0.1, 0.15) is 18.4 Å². The number of hydrogen-bond donors (Lipinski definition) is 2. The number of hydrogen-bond acceptors (Lipinski definition) is 6. The molecule has 0 saturated carbocycles. The van der Waals surface area contributed by atoms with Crippen molar-refractivity contribution in [3.05, 3.63) is 27.8 Å². The smallest absolute Gasteiger partial charge is 0.276 e. The molecule has 0 aliphatic carbocycles. The molecule has 0 radical (unpaired) electrons. The Balaban J connectivity index is 2.02. The van der Waals surface area contributed by atoms with Gasteiger partial charge >= 0.3 is 0 Å². The summed E-state index contributed by atoms with van der Waals surface area (Å²) in [5.41, 5.74) is 0.459. The van der Waals surface area contributed by atoms with E-state index in [1.807, 2.05) is 0 Å². The van der Waals surface area contributed by atoms with E-state index in [9.17, 15) is 14.9 Å². The van der Waals surface area contributed by atoms with Crippen molar-refractivity contribution in [3.63, 3.8) is 0 Å². The van der Waals surface area contributed by atoms with E-state index in [-0.39, 0.29) is 17.5 Å². The van der Waals surface area contributed by atoms with Crippen LogP contribution in [0, 0.1) is 16.0 Å². The van der Waals surface area contributed by atoms with Crippen molar-refractivity contribution in [1.29, 1.82) is 0 Å². The van der Waals surface area contributed by atoms with Crippen molar-refractivity contribution < 1.29 is 19.2 Å². The molecule has 24 heavy (non-hydrogen) atoms. The molecular formula is C16H23N3O5. The minimum Gasteiger partial charge on any atom is -0.493 e. The number of methoxy groups -OCH3 is 2. The Hall–Kier alpha value is -2.35.